The predicted molar refractivity (Wildman–Crippen MR) is 150 cm³/mol. The summed E-state index contributed by atoms with van der Waals surface area (Å²) in [5.74, 6) is -0.364. The zero-order chi connectivity index (χ0) is 26.2. The van der Waals surface area contributed by atoms with Gasteiger partial charge in [0.25, 0.3) is 0 Å². The SMILES string of the molecule is O=C(O[C@H]1C[C@@H](C(=O)N2CCN(C3CC3)c3ccccc32)N(Cc2cc(Cl)ccc2Cl)C1)c1ccccc1. The molecule has 1 saturated heterocycles. The molecule has 0 unspecified atom stereocenters. The van der Waals surface area contributed by atoms with Crippen LogP contribution >= 0.6 is 23.2 Å². The monoisotopic (exact) mass is 549 g/mol. The predicted octanol–water partition coefficient (Wildman–Crippen LogP) is 5.81. The third kappa shape index (κ3) is 5.13. The second kappa shape index (κ2) is 10.6. The number of halogens is 2. The van der Waals surface area contributed by atoms with E-state index in [4.69, 9.17) is 27.9 Å². The lowest BCUT2D eigenvalue weighted by Gasteiger charge is -2.39. The van der Waals surface area contributed by atoms with E-state index < -0.39 is 12.1 Å². The topological polar surface area (TPSA) is 53.1 Å². The summed E-state index contributed by atoms with van der Waals surface area (Å²) in [4.78, 5) is 33.4. The molecular formula is C30H29Cl2N3O3. The van der Waals surface area contributed by atoms with Gasteiger partial charge in [-0.3, -0.25) is 9.69 Å². The van der Waals surface area contributed by atoms with Crippen molar-refractivity contribution in [2.24, 2.45) is 0 Å². The minimum Gasteiger partial charge on any atom is -0.457 e. The van der Waals surface area contributed by atoms with Gasteiger partial charge in [-0.15, -0.1) is 0 Å². The minimum absolute atomic E-state index is 0.0179. The molecule has 2 aliphatic heterocycles. The van der Waals surface area contributed by atoms with Gasteiger partial charge in [-0.05, 0) is 60.9 Å². The third-order valence-corrected chi connectivity index (χ3v) is 8.22. The van der Waals surface area contributed by atoms with Gasteiger partial charge in [0.2, 0.25) is 5.91 Å². The van der Waals surface area contributed by atoms with E-state index in [1.54, 1.807) is 24.3 Å². The number of ether oxygens (including phenoxy) is 1. The van der Waals surface area contributed by atoms with E-state index in [1.807, 2.05) is 47.4 Å². The van der Waals surface area contributed by atoms with Gasteiger partial charge in [0, 0.05) is 48.7 Å². The Morgan fingerprint density at radius 1 is 0.895 bits per heavy atom. The van der Waals surface area contributed by atoms with Gasteiger partial charge >= 0.3 is 5.97 Å². The van der Waals surface area contributed by atoms with E-state index in [0.717, 1.165) is 23.5 Å². The zero-order valence-electron chi connectivity index (χ0n) is 20.9. The Kier molecular flexibility index (Phi) is 7.04. The molecule has 196 valence electrons. The fourth-order valence-electron chi connectivity index (χ4n) is 5.61. The standard InChI is InChI=1S/C30H29Cl2N3O3/c31-22-10-13-25(32)21(16-22)18-33-19-24(38-30(37)20-6-2-1-3-7-20)17-28(33)29(36)35-15-14-34(23-11-12-23)26-8-4-5-9-27(26)35/h1-10,13,16,23-24,28H,11-12,14-15,17-19H2/t24-,28-/m0/s1. The van der Waals surface area contributed by atoms with Gasteiger partial charge in [0.05, 0.1) is 23.0 Å². The highest BCUT2D eigenvalue weighted by Crippen LogP contribution is 2.41. The molecule has 1 saturated carbocycles. The smallest absolute Gasteiger partial charge is 0.338 e. The van der Waals surface area contributed by atoms with Crippen molar-refractivity contribution < 1.29 is 14.3 Å². The Balaban J connectivity index is 1.27. The van der Waals surface area contributed by atoms with E-state index in [-0.39, 0.29) is 11.9 Å². The first-order valence-electron chi connectivity index (χ1n) is 13.1. The van der Waals surface area contributed by atoms with Crippen molar-refractivity contribution in [1.29, 1.82) is 0 Å². The lowest BCUT2D eigenvalue weighted by Crippen LogP contribution is -2.51. The Hall–Kier alpha value is -3.06. The Morgan fingerprint density at radius 2 is 1.63 bits per heavy atom. The van der Waals surface area contributed by atoms with Crippen molar-refractivity contribution in [1.82, 2.24) is 4.90 Å². The summed E-state index contributed by atoms with van der Waals surface area (Å²) in [6, 6.07) is 22.6. The maximum Gasteiger partial charge on any atom is 0.338 e. The molecule has 0 spiro atoms. The number of para-hydroxylation sites is 2. The molecular weight excluding hydrogens is 521 g/mol. The van der Waals surface area contributed by atoms with Crippen molar-refractivity contribution in [3.05, 3.63) is 94.0 Å². The lowest BCUT2D eigenvalue weighted by atomic mass is 10.1. The molecule has 0 N–H and O–H groups in total. The molecule has 2 atom stereocenters. The Morgan fingerprint density at radius 3 is 2.39 bits per heavy atom. The summed E-state index contributed by atoms with van der Waals surface area (Å²) in [5.41, 5.74) is 3.40. The second-order valence-electron chi connectivity index (χ2n) is 10.2. The number of rotatable bonds is 6. The van der Waals surface area contributed by atoms with Crippen LogP contribution in [0.4, 0.5) is 11.4 Å². The molecule has 2 heterocycles. The van der Waals surface area contributed by atoms with Crippen LogP contribution in [0.1, 0.15) is 35.2 Å². The van der Waals surface area contributed by atoms with Crippen LogP contribution < -0.4 is 9.80 Å². The molecule has 1 amide bonds. The maximum atomic E-state index is 14.2. The first kappa shape index (κ1) is 25.2. The molecule has 6 nitrogen and oxygen atoms in total. The van der Waals surface area contributed by atoms with Crippen LogP contribution in [0.15, 0.2) is 72.8 Å². The number of likely N-dealkylation sites (tertiary alicyclic amines) is 1. The normalized spacial score (nSPS) is 21.3. The summed E-state index contributed by atoms with van der Waals surface area (Å²) >= 11 is 12.8. The largest absolute Gasteiger partial charge is 0.457 e. The number of amides is 1. The van der Waals surface area contributed by atoms with Gasteiger partial charge in [0.1, 0.15) is 6.10 Å². The number of anilines is 2. The molecule has 0 bridgehead atoms. The molecule has 1 aliphatic carbocycles. The number of hydrogen-bond donors (Lipinski definition) is 0. The van der Waals surface area contributed by atoms with Gasteiger partial charge in [-0.25, -0.2) is 4.79 Å². The van der Waals surface area contributed by atoms with Crippen LogP contribution in [-0.2, 0) is 16.1 Å². The number of fused-ring (bicyclic) bond motifs is 1. The van der Waals surface area contributed by atoms with Gasteiger partial charge in [0.15, 0.2) is 0 Å². The van der Waals surface area contributed by atoms with Gasteiger partial charge in [-0.1, -0.05) is 53.5 Å². The number of nitrogens with zero attached hydrogens (tertiary/aromatic N) is 3. The summed E-state index contributed by atoms with van der Waals surface area (Å²) in [6.45, 7) is 2.30. The van der Waals surface area contributed by atoms with E-state index in [2.05, 4.69) is 15.9 Å². The first-order chi connectivity index (χ1) is 18.5. The average Bonchev–Trinajstić information content (AvgIpc) is 3.71. The summed E-state index contributed by atoms with van der Waals surface area (Å²) in [5, 5.41) is 1.18. The van der Waals surface area contributed by atoms with Crippen molar-refractivity contribution in [3.8, 4) is 0 Å². The third-order valence-electron chi connectivity index (χ3n) is 7.61. The van der Waals surface area contributed by atoms with Crippen molar-refractivity contribution >= 4 is 46.5 Å². The van der Waals surface area contributed by atoms with E-state index in [1.165, 1.54) is 12.8 Å². The number of benzene rings is 3. The van der Waals surface area contributed by atoms with Crippen molar-refractivity contribution in [2.75, 3.05) is 29.4 Å². The maximum absolute atomic E-state index is 14.2. The molecule has 2 fully saturated rings. The van der Waals surface area contributed by atoms with Gasteiger partial charge < -0.3 is 14.5 Å². The van der Waals surface area contributed by atoms with Crippen LogP contribution in [0.2, 0.25) is 10.0 Å². The van der Waals surface area contributed by atoms with Crippen molar-refractivity contribution in [3.63, 3.8) is 0 Å². The number of carbonyl (C=O) groups is 2. The highest BCUT2D eigenvalue weighted by molar-refractivity contribution is 6.33. The average molecular weight is 550 g/mol. The van der Waals surface area contributed by atoms with Crippen LogP contribution in [-0.4, -0.2) is 54.6 Å². The Bertz CT molecular complexity index is 1350. The number of esters is 1. The molecule has 3 aromatic carbocycles. The number of carbonyl (C=O) groups excluding carboxylic acids is 2. The Labute approximate surface area is 232 Å². The number of hydrogen-bond acceptors (Lipinski definition) is 5. The van der Waals surface area contributed by atoms with E-state index >= 15 is 0 Å². The molecule has 3 aliphatic rings. The van der Waals surface area contributed by atoms with Crippen LogP contribution in [0.3, 0.4) is 0 Å². The molecule has 3 aromatic rings. The fourth-order valence-corrected chi connectivity index (χ4v) is 5.99. The van der Waals surface area contributed by atoms with Crippen LogP contribution in [0.5, 0.6) is 0 Å². The van der Waals surface area contributed by atoms with Crippen LogP contribution in [0, 0.1) is 0 Å². The summed E-state index contributed by atoms with van der Waals surface area (Å²) in [7, 11) is 0. The van der Waals surface area contributed by atoms with Crippen LogP contribution in [0.25, 0.3) is 0 Å². The lowest BCUT2D eigenvalue weighted by molar-refractivity contribution is -0.123. The van der Waals surface area contributed by atoms with Crippen molar-refractivity contribution in [2.45, 2.75) is 44.0 Å². The van der Waals surface area contributed by atoms with Gasteiger partial charge in [-0.2, -0.15) is 0 Å². The second-order valence-corrected chi connectivity index (χ2v) is 11.1. The molecule has 38 heavy (non-hydrogen) atoms. The quantitative estimate of drug-likeness (QED) is 0.363. The molecule has 0 radical (unpaired) electrons. The van der Waals surface area contributed by atoms with E-state index in [9.17, 15) is 9.59 Å². The first-order valence-corrected chi connectivity index (χ1v) is 13.8. The molecule has 8 heteroatoms. The zero-order valence-corrected chi connectivity index (χ0v) is 22.4. The highest BCUT2D eigenvalue weighted by Gasteiger charge is 2.43. The summed E-state index contributed by atoms with van der Waals surface area (Å²) < 4.78 is 5.89. The highest BCUT2D eigenvalue weighted by atomic mass is 35.5. The molecule has 0 aromatic heterocycles. The fraction of sp³-hybridized carbons (Fsp3) is 0.333. The molecule has 6 rings (SSSR count). The minimum atomic E-state index is -0.459. The van der Waals surface area contributed by atoms with E-state index in [0.29, 0.717) is 47.7 Å². The summed E-state index contributed by atoms with van der Waals surface area (Å²) in [6.07, 6.45) is 2.40.